The van der Waals surface area contributed by atoms with Gasteiger partial charge in [0, 0.05) is 31.7 Å². The standard InChI is InChI=1S/C22H27N3O5/c1-24-9-11-25(12-10-24)22(27)16-7-5-6-8-17(16)23-21(26)15-13-18(28-2)20(30-4)19(14-15)29-3/h5-8,13-14H,9-12H2,1-4H3,(H,23,26). The molecule has 0 spiro atoms. The Labute approximate surface area is 176 Å². The Morgan fingerprint density at radius 1 is 0.900 bits per heavy atom. The molecule has 2 aromatic rings. The summed E-state index contributed by atoms with van der Waals surface area (Å²) in [5.74, 6) is 0.687. The maximum absolute atomic E-state index is 13.0. The summed E-state index contributed by atoms with van der Waals surface area (Å²) >= 11 is 0. The van der Waals surface area contributed by atoms with E-state index in [4.69, 9.17) is 14.2 Å². The van der Waals surface area contributed by atoms with Crippen molar-refractivity contribution >= 4 is 17.5 Å². The van der Waals surface area contributed by atoms with Crippen LogP contribution in [0.3, 0.4) is 0 Å². The van der Waals surface area contributed by atoms with Crippen molar-refractivity contribution in [3.63, 3.8) is 0 Å². The van der Waals surface area contributed by atoms with Crippen molar-refractivity contribution in [3.8, 4) is 17.2 Å². The number of nitrogens with zero attached hydrogens (tertiary/aromatic N) is 2. The van der Waals surface area contributed by atoms with E-state index in [1.54, 1.807) is 36.4 Å². The van der Waals surface area contributed by atoms with Gasteiger partial charge in [-0.1, -0.05) is 12.1 Å². The van der Waals surface area contributed by atoms with Crippen LogP contribution < -0.4 is 19.5 Å². The summed E-state index contributed by atoms with van der Waals surface area (Å²) in [5, 5.41) is 2.85. The summed E-state index contributed by atoms with van der Waals surface area (Å²) in [6.07, 6.45) is 0. The van der Waals surface area contributed by atoms with Crippen molar-refractivity contribution in [1.82, 2.24) is 9.80 Å². The minimum Gasteiger partial charge on any atom is -0.493 e. The number of amides is 2. The van der Waals surface area contributed by atoms with E-state index < -0.39 is 0 Å². The van der Waals surface area contributed by atoms with Crippen LogP contribution in [0.2, 0.25) is 0 Å². The first-order valence-corrected chi connectivity index (χ1v) is 9.66. The molecule has 1 fully saturated rings. The van der Waals surface area contributed by atoms with Gasteiger partial charge in [-0.25, -0.2) is 0 Å². The van der Waals surface area contributed by atoms with Gasteiger partial charge in [-0.2, -0.15) is 0 Å². The van der Waals surface area contributed by atoms with E-state index in [1.807, 2.05) is 11.9 Å². The second kappa shape index (κ2) is 9.49. The molecule has 0 saturated carbocycles. The fraction of sp³-hybridized carbons (Fsp3) is 0.364. The first kappa shape index (κ1) is 21.4. The Morgan fingerprint density at radius 2 is 1.50 bits per heavy atom. The Balaban J connectivity index is 1.85. The van der Waals surface area contributed by atoms with Crippen LogP contribution >= 0.6 is 0 Å². The normalized spacial score (nSPS) is 14.2. The van der Waals surface area contributed by atoms with E-state index in [1.165, 1.54) is 21.3 Å². The molecule has 0 aromatic heterocycles. The van der Waals surface area contributed by atoms with Crippen LogP contribution in [0.25, 0.3) is 0 Å². The van der Waals surface area contributed by atoms with Crippen LogP contribution in [-0.2, 0) is 0 Å². The van der Waals surface area contributed by atoms with Crippen molar-refractivity contribution < 1.29 is 23.8 Å². The molecule has 0 unspecified atom stereocenters. The van der Waals surface area contributed by atoms with Crippen molar-refractivity contribution in [2.75, 3.05) is 59.9 Å². The van der Waals surface area contributed by atoms with E-state index in [9.17, 15) is 9.59 Å². The monoisotopic (exact) mass is 413 g/mol. The highest BCUT2D eigenvalue weighted by atomic mass is 16.5. The molecule has 30 heavy (non-hydrogen) atoms. The number of hydrogen-bond donors (Lipinski definition) is 1. The van der Waals surface area contributed by atoms with Gasteiger partial charge in [0.1, 0.15) is 0 Å². The van der Waals surface area contributed by atoms with Crippen LogP contribution in [-0.4, -0.2) is 76.2 Å². The number of rotatable bonds is 6. The second-order valence-electron chi connectivity index (χ2n) is 7.01. The number of anilines is 1. The van der Waals surface area contributed by atoms with Gasteiger partial charge in [-0.3, -0.25) is 9.59 Å². The molecule has 3 rings (SSSR count). The lowest BCUT2D eigenvalue weighted by molar-refractivity contribution is 0.0665. The zero-order chi connectivity index (χ0) is 21.7. The molecule has 0 bridgehead atoms. The molecule has 0 atom stereocenters. The molecule has 160 valence electrons. The summed E-state index contributed by atoms with van der Waals surface area (Å²) in [4.78, 5) is 30.0. The highest BCUT2D eigenvalue weighted by Crippen LogP contribution is 2.38. The maximum Gasteiger partial charge on any atom is 0.256 e. The van der Waals surface area contributed by atoms with E-state index in [0.717, 1.165) is 13.1 Å². The molecule has 1 aliphatic rings. The first-order valence-electron chi connectivity index (χ1n) is 9.66. The Bertz CT molecular complexity index is 898. The third-order valence-corrected chi connectivity index (χ3v) is 5.12. The summed E-state index contributed by atoms with van der Waals surface area (Å²) in [7, 11) is 6.51. The van der Waals surface area contributed by atoms with Gasteiger partial charge in [0.05, 0.1) is 32.6 Å². The highest BCUT2D eigenvalue weighted by Gasteiger charge is 2.23. The molecule has 2 amide bonds. The predicted octanol–water partition coefficient (Wildman–Crippen LogP) is 2.35. The number of ether oxygens (including phenoxy) is 3. The predicted molar refractivity (Wildman–Crippen MR) is 114 cm³/mol. The van der Waals surface area contributed by atoms with Gasteiger partial charge in [0.25, 0.3) is 11.8 Å². The Hall–Kier alpha value is -3.26. The molecule has 1 saturated heterocycles. The number of carbonyl (C=O) groups is 2. The smallest absolute Gasteiger partial charge is 0.256 e. The number of nitrogens with one attached hydrogen (secondary N) is 1. The van der Waals surface area contributed by atoms with Gasteiger partial charge in [0.15, 0.2) is 11.5 Å². The van der Waals surface area contributed by atoms with Crippen LogP contribution in [0.4, 0.5) is 5.69 Å². The van der Waals surface area contributed by atoms with Crippen molar-refractivity contribution in [2.45, 2.75) is 0 Å². The summed E-state index contributed by atoms with van der Waals surface area (Å²) in [5.41, 5.74) is 1.24. The van der Waals surface area contributed by atoms with Crippen LogP contribution in [0.5, 0.6) is 17.2 Å². The van der Waals surface area contributed by atoms with Gasteiger partial charge >= 0.3 is 0 Å². The number of hydrogen-bond acceptors (Lipinski definition) is 6. The van der Waals surface area contributed by atoms with Gasteiger partial charge < -0.3 is 29.3 Å². The number of methoxy groups -OCH3 is 3. The lowest BCUT2D eigenvalue weighted by Crippen LogP contribution is -2.47. The molecular formula is C22H27N3O5. The molecule has 8 nitrogen and oxygen atoms in total. The number of para-hydroxylation sites is 1. The van der Waals surface area contributed by atoms with Crippen molar-refractivity contribution in [3.05, 3.63) is 47.5 Å². The summed E-state index contributed by atoms with van der Waals surface area (Å²) < 4.78 is 15.9. The van der Waals surface area contributed by atoms with E-state index in [-0.39, 0.29) is 11.8 Å². The van der Waals surface area contributed by atoms with Gasteiger partial charge in [-0.05, 0) is 31.3 Å². The maximum atomic E-state index is 13.0. The topological polar surface area (TPSA) is 80.3 Å². The minimum atomic E-state index is -0.382. The Kier molecular flexibility index (Phi) is 6.79. The second-order valence-corrected chi connectivity index (χ2v) is 7.01. The van der Waals surface area contributed by atoms with E-state index in [2.05, 4.69) is 10.2 Å². The highest BCUT2D eigenvalue weighted by molar-refractivity contribution is 6.09. The third kappa shape index (κ3) is 4.49. The van der Waals surface area contributed by atoms with E-state index >= 15 is 0 Å². The van der Waals surface area contributed by atoms with Crippen molar-refractivity contribution in [1.29, 1.82) is 0 Å². The van der Waals surface area contributed by atoms with Gasteiger partial charge in [-0.15, -0.1) is 0 Å². The molecule has 1 N–H and O–H groups in total. The fourth-order valence-electron chi connectivity index (χ4n) is 3.37. The zero-order valence-electron chi connectivity index (χ0n) is 17.7. The number of likely N-dealkylation sites (N-methyl/N-ethyl adjacent to an activating group) is 1. The molecular weight excluding hydrogens is 386 g/mol. The minimum absolute atomic E-state index is 0.0936. The molecule has 1 heterocycles. The number of piperazine rings is 1. The van der Waals surface area contributed by atoms with Crippen LogP contribution in [0, 0.1) is 0 Å². The summed E-state index contributed by atoms with van der Waals surface area (Å²) in [6, 6.07) is 10.2. The van der Waals surface area contributed by atoms with Crippen LogP contribution in [0.15, 0.2) is 36.4 Å². The van der Waals surface area contributed by atoms with Crippen LogP contribution in [0.1, 0.15) is 20.7 Å². The average molecular weight is 413 g/mol. The van der Waals surface area contributed by atoms with Crippen molar-refractivity contribution in [2.24, 2.45) is 0 Å². The molecule has 0 aliphatic carbocycles. The fourth-order valence-corrected chi connectivity index (χ4v) is 3.37. The molecule has 1 aliphatic heterocycles. The number of benzene rings is 2. The molecule has 8 heteroatoms. The lowest BCUT2D eigenvalue weighted by Gasteiger charge is -2.32. The van der Waals surface area contributed by atoms with E-state index in [0.29, 0.717) is 47.2 Å². The SMILES string of the molecule is COc1cc(C(=O)Nc2ccccc2C(=O)N2CCN(C)CC2)cc(OC)c1OC. The van der Waals surface area contributed by atoms with Gasteiger partial charge in [0.2, 0.25) is 5.75 Å². The largest absolute Gasteiger partial charge is 0.493 e. The third-order valence-electron chi connectivity index (χ3n) is 5.12. The zero-order valence-corrected chi connectivity index (χ0v) is 17.7. The first-order chi connectivity index (χ1) is 14.5. The number of carbonyl (C=O) groups excluding carboxylic acids is 2. The Morgan fingerprint density at radius 3 is 2.07 bits per heavy atom. The lowest BCUT2D eigenvalue weighted by atomic mass is 10.1. The molecule has 2 aromatic carbocycles. The quantitative estimate of drug-likeness (QED) is 0.783. The summed E-state index contributed by atoms with van der Waals surface area (Å²) in [6.45, 7) is 2.96. The molecule has 0 radical (unpaired) electrons. The average Bonchev–Trinajstić information content (AvgIpc) is 2.78.